The first-order chi connectivity index (χ1) is 8.33. The fourth-order valence-corrected chi connectivity index (χ4v) is 2.41. The van der Waals surface area contributed by atoms with E-state index in [-0.39, 0.29) is 5.91 Å². The lowest BCUT2D eigenvalue weighted by atomic mass is 10.1. The monoisotopic (exact) mass is 245 g/mol. The van der Waals surface area contributed by atoms with E-state index in [0.29, 0.717) is 10.7 Å². The number of nitrogens with one attached hydrogen (secondary N) is 2. The van der Waals surface area contributed by atoms with Crippen LogP contribution in [-0.4, -0.2) is 17.4 Å². The topological polar surface area (TPSA) is 54.0 Å². The van der Waals surface area contributed by atoms with Gasteiger partial charge < -0.3 is 5.32 Å². The molecule has 1 aromatic heterocycles. The molecule has 2 heterocycles. The van der Waals surface area contributed by atoms with Gasteiger partial charge in [-0.1, -0.05) is 6.07 Å². The standard InChI is InChI=1S/C12H11N3OS/c16-11(15-12-14-5-6-17-12)9-2-1-8-3-4-13-10(8)7-9/h1-2,5-7,13H,3-4H2,(H,14,15,16). The quantitative estimate of drug-likeness (QED) is 0.854. The fraction of sp³-hybridized carbons (Fsp3) is 0.167. The number of fused-ring (bicyclic) bond motifs is 1. The summed E-state index contributed by atoms with van der Waals surface area (Å²) in [5.41, 5.74) is 3.00. The van der Waals surface area contributed by atoms with E-state index in [1.54, 1.807) is 6.20 Å². The molecule has 0 saturated heterocycles. The van der Waals surface area contributed by atoms with E-state index in [9.17, 15) is 4.79 Å². The molecule has 0 saturated carbocycles. The van der Waals surface area contributed by atoms with Crippen molar-refractivity contribution < 1.29 is 4.79 Å². The lowest BCUT2D eigenvalue weighted by Gasteiger charge is -2.04. The van der Waals surface area contributed by atoms with Crippen LogP contribution < -0.4 is 10.6 Å². The highest BCUT2D eigenvalue weighted by Gasteiger charge is 2.13. The van der Waals surface area contributed by atoms with E-state index < -0.39 is 0 Å². The second-order valence-electron chi connectivity index (χ2n) is 3.84. The highest BCUT2D eigenvalue weighted by Crippen LogP contribution is 2.23. The summed E-state index contributed by atoms with van der Waals surface area (Å²) in [4.78, 5) is 16.0. The predicted molar refractivity (Wildman–Crippen MR) is 68.7 cm³/mol. The first-order valence-electron chi connectivity index (χ1n) is 5.40. The zero-order valence-electron chi connectivity index (χ0n) is 9.06. The number of nitrogens with zero attached hydrogens (tertiary/aromatic N) is 1. The maximum absolute atomic E-state index is 11.9. The van der Waals surface area contributed by atoms with Gasteiger partial charge in [-0.2, -0.15) is 0 Å². The van der Waals surface area contributed by atoms with E-state index in [4.69, 9.17) is 0 Å². The normalized spacial score (nSPS) is 12.9. The van der Waals surface area contributed by atoms with E-state index in [1.807, 2.05) is 23.6 Å². The summed E-state index contributed by atoms with van der Waals surface area (Å²) >= 11 is 1.41. The van der Waals surface area contributed by atoms with Crippen molar-refractivity contribution in [3.63, 3.8) is 0 Å². The van der Waals surface area contributed by atoms with Gasteiger partial charge in [0.25, 0.3) is 5.91 Å². The molecule has 1 aliphatic rings. The SMILES string of the molecule is O=C(Nc1nccs1)c1ccc2c(c1)NCC2. The molecule has 1 aromatic carbocycles. The van der Waals surface area contributed by atoms with Gasteiger partial charge in [0, 0.05) is 29.4 Å². The lowest BCUT2D eigenvalue weighted by Crippen LogP contribution is -2.11. The molecular weight excluding hydrogens is 234 g/mol. The largest absolute Gasteiger partial charge is 0.384 e. The first-order valence-corrected chi connectivity index (χ1v) is 6.28. The number of benzene rings is 1. The molecule has 0 fully saturated rings. The number of thiazole rings is 1. The van der Waals surface area contributed by atoms with Crippen LogP contribution >= 0.6 is 11.3 Å². The molecule has 0 unspecified atom stereocenters. The third-order valence-corrected chi connectivity index (χ3v) is 3.42. The van der Waals surface area contributed by atoms with Gasteiger partial charge in [0.1, 0.15) is 0 Å². The molecular formula is C12H11N3OS. The average molecular weight is 245 g/mol. The van der Waals surface area contributed by atoms with Gasteiger partial charge in [0.2, 0.25) is 0 Å². The predicted octanol–water partition coefficient (Wildman–Crippen LogP) is 2.36. The van der Waals surface area contributed by atoms with Gasteiger partial charge in [-0.3, -0.25) is 10.1 Å². The van der Waals surface area contributed by atoms with Crippen LogP contribution in [0.1, 0.15) is 15.9 Å². The molecule has 0 radical (unpaired) electrons. The molecule has 0 aliphatic carbocycles. The summed E-state index contributed by atoms with van der Waals surface area (Å²) in [6, 6.07) is 5.76. The Kier molecular flexibility index (Phi) is 2.53. The number of anilines is 2. The number of amides is 1. The molecule has 0 bridgehead atoms. The van der Waals surface area contributed by atoms with Crippen LogP contribution in [0.2, 0.25) is 0 Å². The number of hydrogen-bond acceptors (Lipinski definition) is 4. The van der Waals surface area contributed by atoms with Crippen LogP contribution in [0.4, 0.5) is 10.8 Å². The van der Waals surface area contributed by atoms with Crippen molar-refractivity contribution in [2.75, 3.05) is 17.2 Å². The van der Waals surface area contributed by atoms with Gasteiger partial charge in [-0.15, -0.1) is 11.3 Å². The summed E-state index contributed by atoms with van der Waals surface area (Å²) in [7, 11) is 0. The molecule has 2 N–H and O–H groups in total. The zero-order chi connectivity index (χ0) is 11.7. The molecule has 17 heavy (non-hydrogen) atoms. The molecule has 3 rings (SSSR count). The molecule has 86 valence electrons. The molecule has 1 amide bonds. The van der Waals surface area contributed by atoms with Gasteiger partial charge in [0.15, 0.2) is 5.13 Å². The maximum atomic E-state index is 11.9. The second-order valence-corrected chi connectivity index (χ2v) is 4.73. The maximum Gasteiger partial charge on any atom is 0.257 e. The Balaban J connectivity index is 1.82. The smallest absolute Gasteiger partial charge is 0.257 e. The van der Waals surface area contributed by atoms with Crippen molar-refractivity contribution >= 4 is 28.1 Å². The van der Waals surface area contributed by atoms with Crippen LogP contribution in [0.15, 0.2) is 29.8 Å². The highest BCUT2D eigenvalue weighted by atomic mass is 32.1. The molecule has 5 heteroatoms. The number of aromatic nitrogens is 1. The van der Waals surface area contributed by atoms with Crippen LogP contribution in [0.3, 0.4) is 0 Å². The van der Waals surface area contributed by atoms with Gasteiger partial charge in [0.05, 0.1) is 0 Å². The van der Waals surface area contributed by atoms with Gasteiger partial charge >= 0.3 is 0 Å². The minimum absolute atomic E-state index is 0.114. The van der Waals surface area contributed by atoms with Crippen LogP contribution in [-0.2, 0) is 6.42 Å². The third-order valence-electron chi connectivity index (χ3n) is 2.73. The van der Waals surface area contributed by atoms with Gasteiger partial charge in [-0.05, 0) is 24.1 Å². The minimum Gasteiger partial charge on any atom is -0.384 e. The third kappa shape index (κ3) is 2.01. The summed E-state index contributed by atoms with van der Waals surface area (Å²) in [5.74, 6) is -0.114. The Hall–Kier alpha value is -1.88. The molecule has 0 spiro atoms. The lowest BCUT2D eigenvalue weighted by molar-refractivity contribution is 0.102. The average Bonchev–Trinajstić information content (AvgIpc) is 2.97. The number of carbonyl (C=O) groups is 1. The zero-order valence-corrected chi connectivity index (χ0v) is 9.88. The summed E-state index contributed by atoms with van der Waals surface area (Å²) in [6.45, 7) is 0.951. The summed E-state index contributed by atoms with van der Waals surface area (Å²) in [5, 5.41) is 8.49. The van der Waals surface area contributed by atoms with Crippen LogP contribution in [0.25, 0.3) is 0 Å². The van der Waals surface area contributed by atoms with E-state index in [0.717, 1.165) is 18.7 Å². The minimum atomic E-state index is -0.114. The van der Waals surface area contributed by atoms with E-state index in [1.165, 1.54) is 16.9 Å². The van der Waals surface area contributed by atoms with Crippen molar-refractivity contribution in [2.24, 2.45) is 0 Å². The molecule has 0 atom stereocenters. The Bertz CT molecular complexity index is 551. The molecule has 2 aromatic rings. The van der Waals surface area contributed by atoms with Crippen molar-refractivity contribution in [2.45, 2.75) is 6.42 Å². The van der Waals surface area contributed by atoms with Gasteiger partial charge in [-0.25, -0.2) is 4.98 Å². The van der Waals surface area contributed by atoms with Crippen LogP contribution in [0, 0.1) is 0 Å². The Morgan fingerprint density at radius 1 is 1.47 bits per heavy atom. The van der Waals surface area contributed by atoms with Crippen molar-refractivity contribution in [3.8, 4) is 0 Å². The van der Waals surface area contributed by atoms with Crippen molar-refractivity contribution in [1.29, 1.82) is 0 Å². The fourth-order valence-electron chi connectivity index (χ4n) is 1.89. The molecule has 4 nitrogen and oxygen atoms in total. The Labute approximate surface area is 103 Å². The Morgan fingerprint density at radius 3 is 3.24 bits per heavy atom. The number of rotatable bonds is 2. The first kappa shape index (κ1) is 10.3. The van der Waals surface area contributed by atoms with Crippen molar-refractivity contribution in [1.82, 2.24) is 4.98 Å². The second kappa shape index (κ2) is 4.18. The number of carbonyl (C=O) groups excluding carboxylic acids is 1. The highest BCUT2D eigenvalue weighted by molar-refractivity contribution is 7.13. The Morgan fingerprint density at radius 2 is 2.41 bits per heavy atom. The molecule has 1 aliphatic heterocycles. The van der Waals surface area contributed by atoms with Crippen molar-refractivity contribution in [3.05, 3.63) is 40.9 Å². The van der Waals surface area contributed by atoms with Crippen LogP contribution in [0.5, 0.6) is 0 Å². The van der Waals surface area contributed by atoms with E-state index in [2.05, 4.69) is 15.6 Å². The number of hydrogen-bond donors (Lipinski definition) is 2. The van der Waals surface area contributed by atoms with E-state index >= 15 is 0 Å². The summed E-state index contributed by atoms with van der Waals surface area (Å²) < 4.78 is 0. The summed E-state index contributed by atoms with van der Waals surface area (Å²) in [6.07, 6.45) is 2.70.